The molecule has 0 bridgehead atoms. The fourth-order valence-electron chi connectivity index (χ4n) is 3.86. The molecule has 0 unspecified atom stereocenters. The fraction of sp³-hybridized carbons (Fsp3) is 0.120. The number of anilines is 1. The summed E-state index contributed by atoms with van der Waals surface area (Å²) in [5.74, 6) is 0.523. The first kappa shape index (κ1) is 25.7. The van der Waals surface area contributed by atoms with E-state index in [-0.39, 0.29) is 20.4 Å². The first-order chi connectivity index (χ1) is 18.1. The number of nitrogens with one attached hydrogen (secondary N) is 1. The lowest BCUT2D eigenvalue weighted by Gasteiger charge is -2.16. The van der Waals surface area contributed by atoms with Crippen LogP contribution in [0.1, 0.15) is 6.92 Å². The van der Waals surface area contributed by atoms with Crippen molar-refractivity contribution in [2.24, 2.45) is 7.05 Å². The number of fused-ring (bicyclic) bond motifs is 1. The number of hydrogen-bond acceptors (Lipinski definition) is 8. The highest BCUT2D eigenvalue weighted by Gasteiger charge is 2.20. The monoisotopic (exact) mass is 570 g/mol. The number of rotatable bonds is 8. The van der Waals surface area contributed by atoms with Crippen molar-refractivity contribution in [2.75, 3.05) is 10.5 Å². The molecule has 0 atom stereocenters. The zero-order chi connectivity index (χ0) is 27.1. The molecule has 2 aromatic carbocycles. The van der Waals surface area contributed by atoms with Gasteiger partial charge in [0.15, 0.2) is 9.84 Å². The molecule has 3 heterocycles. The van der Waals surface area contributed by atoms with Gasteiger partial charge in [-0.3, -0.25) is 13.9 Å². The van der Waals surface area contributed by atoms with Gasteiger partial charge in [-0.1, -0.05) is 19.1 Å². The summed E-state index contributed by atoms with van der Waals surface area (Å²) in [5.41, 5.74) is 1.23. The first-order valence-electron chi connectivity index (χ1n) is 11.3. The van der Waals surface area contributed by atoms with E-state index in [1.807, 2.05) is 0 Å². The van der Waals surface area contributed by atoms with Crippen LogP contribution >= 0.6 is 11.3 Å². The minimum atomic E-state index is -3.76. The summed E-state index contributed by atoms with van der Waals surface area (Å²) in [7, 11) is -5.72. The van der Waals surface area contributed by atoms with Gasteiger partial charge >= 0.3 is 0 Å². The molecule has 38 heavy (non-hydrogen) atoms. The van der Waals surface area contributed by atoms with Crippen LogP contribution in [0.4, 0.5) is 5.69 Å². The van der Waals surface area contributed by atoms with Gasteiger partial charge in [0.05, 0.1) is 34.6 Å². The third-order valence-electron chi connectivity index (χ3n) is 5.79. The second-order valence-corrected chi connectivity index (χ2v) is 13.4. The number of benzene rings is 2. The molecule has 0 aliphatic heterocycles. The van der Waals surface area contributed by atoms with E-state index in [1.165, 1.54) is 47.4 Å². The van der Waals surface area contributed by atoms with Crippen molar-refractivity contribution in [3.8, 4) is 22.8 Å². The number of hydrogen-bond donors (Lipinski definition) is 1. The van der Waals surface area contributed by atoms with E-state index in [1.54, 1.807) is 54.2 Å². The third kappa shape index (κ3) is 4.83. The molecule has 0 aliphatic carbocycles. The lowest BCUT2D eigenvalue weighted by molar-refractivity contribution is 0.484. The summed E-state index contributed by atoms with van der Waals surface area (Å²) < 4.78 is 62.5. The second-order valence-electron chi connectivity index (χ2n) is 8.31. The quantitative estimate of drug-likeness (QED) is 0.297. The molecule has 3 aromatic heterocycles. The Morgan fingerprint density at radius 2 is 1.87 bits per heavy atom. The Morgan fingerprint density at radius 1 is 1.05 bits per heavy atom. The number of imidazole rings is 1. The Kier molecular flexibility index (Phi) is 6.59. The van der Waals surface area contributed by atoms with Crippen LogP contribution in [0.25, 0.3) is 16.8 Å². The topological polar surface area (TPSA) is 129 Å². The van der Waals surface area contributed by atoms with E-state index in [0.29, 0.717) is 34.0 Å². The number of thiophene rings is 1. The van der Waals surface area contributed by atoms with Gasteiger partial charge in [-0.15, -0.1) is 11.3 Å². The normalized spacial score (nSPS) is 12.1. The van der Waals surface area contributed by atoms with E-state index in [2.05, 4.69) is 9.71 Å². The minimum absolute atomic E-state index is 0.0904. The van der Waals surface area contributed by atoms with Crippen LogP contribution in [0.3, 0.4) is 0 Å². The zero-order valence-corrected chi connectivity index (χ0v) is 22.7. The van der Waals surface area contributed by atoms with Gasteiger partial charge in [-0.05, 0) is 41.8 Å². The van der Waals surface area contributed by atoms with Crippen molar-refractivity contribution in [3.05, 3.63) is 89.1 Å². The molecule has 0 aliphatic rings. The van der Waals surface area contributed by atoms with Crippen molar-refractivity contribution in [1.29, 1.82) is 0 Å². The molecule has 0 fully saturated rings. The summed E-state index contributed by atoms with van der Waals surface area (Å²) in [5, 5.41) is 1.68. The maximum Gasteiger partial charge on any atom is 0.276 e. The van der Waals surface area contributed by atoms with Crippen molar-refractivity contribution >= 4 is 42.4 Å². The molecule has 5 aromatic rings. The summed E-state index contributed by atoms with van der Waals surface area (Å²) >= 11 is 1.10. The van der Waals surface area contributed by atoms with Gasteiger partial charge in [0.25, 0.3) is 15.6 Å². The van der Waals surface area contributed by atoms with E-state index >= 15 is 0 Å². The molecular weight excluding hydrogens is 548 g/mol. The average molecular weight is 571 g/mol. The van der Waals surface area contributed by atoms with Crippen molar-refractivity contribution in [2.45, 2.75) is 16.0 Å². The van der Waals surface area contributed by atoms with E-state index in [4.69, 9.17) is 4.74 Å². The lowest BCUT2D eigenvalue weighted by atomic mass is 10.1. The zero-order valence-electron chi connectivity index (χ0n) is 20.2. The highest BCUT2D eigenvalue weighted by molar-refractivity contribution is 7.94. The second kappa shape index (κ2) is 9.74. The Balaban J connectivity index is 1.60. The SMILES string of the molecule is CCS(=O)(=O)c1ccc(Oc2cccc(NS(=O)(=O)c3cccs3)c2)c(-c2cn(C)c(=O)c3cncn23)c1. The fourth-order valence-corrected chi connectivity index (χ4v) is 6.81. The molecule has 13 heteroatoms. The number of nitrogens with zero attached hydrogens (tertiary/aromatic N) is 3. The molecule has 0 amide bonds. The molecule has 196 valence electrons. The van der Waals surface area contributed by atoms with Crippen LogP contribution in [-0.2, 0) is 26.9 Å². The van der Waals surface area contributed by atoms with Gasteiger partial charge < -0.3 is 9.30 Å². The molecule has 5 rings (SSSR count). The summed E-state index contributed by atoms with van der Waals surface area (Å²) in [6.45, 7) is 1.56. The van der Waals surface area contributed by atoms with Crippen molar-refractivity contribution < 1.29 is 21.6 Å². The third-order valence-corrected chi connectivity index (χ3v) is 10.3. The van der Waals surface area contributed by atoms with Gasteiger partial charge in [-0.2, -0.15) is 0 Å². The van der Waals surface area contributed by atoms with Crippen LogP contribution in [0, 0.1) is 0 Å². The Labute approximate surface area is 222 Å². The molecule has 0 radical (unpaired) electrons. The average Bonchev–Trinajstić information content (AvgIpc) is 3.60. The first-order valence-corrected chi connectivity index (χ1v) is 15.3. The van der Waals surface area contributed by atoms with Gasteiger partial charge in [0.1, 0.15) is 21.2 Å². The van der Waals surface area contributed by atoms with E-state index in [9.17, 15) is 21.6 Å². The number of ether oxygens (including phenoxy) is 1. The largest absolute Gasteiger partial charge is 0.457 e. The molecule has 0 spiro atoms. The highest BCUT2D eigenvalue weighted by Crippen LogP contribution is 2.36. The molecular formula is C25H22N4O6S3. The molecule has 1 N–H and O–H groups in total. The number of sulfone groups is 1. The minimum Gasteiger partial charge on any atom is -0.457 e. The summed E-state index contributed by atoms with van der Waals surface area (Å²) in [4.78, 5) is 16.8. The van der Waals surface area contributed by atoms with Gasteiger partial charge in [-0.25, -0.2) is 21.8 Å². The standard InChI is InChI=1S/C25H22N4O6S3/c1-3-37(31,32)19-9-10-23(20(13-19)22-15-28(2)25(30)21-14-26-16-29(21)22)35-18-7-4-6-17(12-18)27-38(33,34)24-8-5-11-36-24/h4-16,27H,3H2,1-2H3. The number of aromatic nitrogens is 3. The smallest absolute Gasteiger partial charge is 0.276 e. The summed E-state index contributed by atoms with van der Waals surface area (Å²) in [6, 6.07) is 14.1. The van der Waals surface area contributed by atoms with Crippen molar-refractivity contribution in [1.82, 2.24) is 14.0 Å². The molecule has 0 saturated carbocycles. The Bertz CT molecular complexity index is 1930. The maximum absolute atomic E-state index is 12.7. The molecule has 10 nitrogen and oxygen atoms in total. The van der Waals surface area contributed by atoms with E-state index in [0.717, 1.165) is 11.3 Å². The number of aryl methyl sites for hydroxylation is 1. The van der Waals surface area contributed by atoms with Crippen LogP contribution in [0.15, 0.2) is 92.6 Å². The lowest BCUT2D eigenvalue weighted by Crippen LogP contribution is -2.19. The Hall–Kier alpha value is -3.94. The van der Waals surface area contributed by atoms with Gasteiger partial charge in [0.2, 0.25) is 0 Å². The van der Waals surface area contributed by atoms with E-state index < -0.39 is 19.9 Å². The molecule has 0 saturated heterocycles. The maximum atomic E-state index is 12.7. The predicted octanol–water partition coefficient (Wildman–Crippen LogP) is 4.15. The predicted molar refractivity (Wildman–Crippen MR) is 145 cm³/mol. The highest BCUT2D eigenvalue weighted by atomic mass is 32.2. The van der Waals surface area contributed by atoms with Gasteiger partial charge in [0, 0.05) is 24.9 Å². The van der Waals surface area contributed by atoms with Crippen LogP contribution in [-0.4, -0.2) is 36.5 Å². The number of sulfonamides is 1. The van der Waals surface area contributed by atoms with Crippen LogP contribution in [0.5, 0.6) is 11.5 Å². The Morgan fingerprint density at radius 3 is 2.61 bits per heavy atom. The van der Waals surface area contributed by atoms with Crippen molar-refractivity contribution in [3.63, 3.8) is 0 Å². The van der Waals surface area contributed by atoms with Crippen LogP contribution < -0.4 is 15.0 Å². The summed E-state index contributed by atoms with van der Waals surface area (Å²) in [6.07, 6.45) is 4.48. The van der Waals surface area contributed by atoms with Crippen LogP contribution in [0.2, 0.25) is 0 Å².